The molecule has 0 bridgehead atoms. The van der Waals surface area contributed by atoms with Gasteiger partial charge < -0.3 is 25.2 Å². The number of aliphatic hydroxyl groups is 1. The molecule has 134 valence electrons. The van der Waals surface area contributed by atoms with Gasteiger partial charge in [-0.2, -0.15) is 0 Å². The van der Waals surface area contributed by atoms with Crippen LogP contribution in [0.1, 0.15) is 0 Å². The van der Waals surface area contributed by atoms with E-state index in [2.05, 4.69) is 15.8 Å². The van der Waals surface area contributed by atoms with Gasteiger partial charge in [-0.05, 0) is 29.4 Å². The first-order valence-electron chi connectivity index (χ1n) is 6.95. The van der Waals surface area contributed by atoms with Crippen LogP contribution in [0, 0.1) is 4.91 Å². The normalized spacial score (nSPS) is 9.32. The van der Waals surface area contributed by atoms with Crippen molar-refractivity contribution in [3.63, 3.8) is 0 Å². The van der Waals surface area contributed by atoms with Crippen LogP contribution in [0.2, 0.25) is 5.02 Å². The lowest BCUT2D eigenvalue weighted by atomic mass is 10.2. The smallest absolute Gasteiger partial charge is 0.323 e. The molecule has 0 saturated carbocycles. The first-order chi connectivity index (χ1) is 12.1. The Balaban J connectivity index is 0.00000151. The highest BCUT2D eigenvalue weighted by Crippen LogP contribution is 2.30. The molecule has 8 nitrogen and oxygen atoms in total. The Labute approximate surface area is 149 Å². The number of halogens is 1. The van der Waals surface area contributed by atoms with Crippen LogP contribution >= 0.6 is 11.6 Å². The van der Waals surface area contributed by atoms with Gasteiger partial charge in [-0.3, -0.25) is 0 Å². The van der Waals surface area contributed by atoms with Crippen LogP contribution in [0.4, 0.5) is 21.9 Å². The van der Waals surface area contributed by atoms with Crippen molar-refractivity contribution in [2.75, 3.05) is 32.0 Å². The molecule has 0 aliphatic carbocycles. The lowest BCUT2D eigenvalue weighted by Gasteiger charge is -2.12. The summed E-state index contributed by atoms with van der Waals surface area (Å²) in [4.78, 5) is 22.6. The number of anilines is 2. The van der Waals surface area contributed by atoms with Crippen molar-refractivity contribution < 1.29 is 19.4 Å². The van der Waals surface area contributed by atoms with E-state index in [0.717, 1.165) is 7.11 Å². The van der Waals surface area contributed by atoms with Gasteiger partial charge in [0, 0.05) is 19.2 Å². The van der Waals surface area contributed by atoms with Crippen LogP contribution < -0.4 is 20.1 Å². The van der Waals surface area contributed by atoms with E-state index >= 15 is 0 Å². The summed E-state index contributed by atoms with van der Waals surface area (Å²) < 4.78 is 10.1. The Bertz CT molecular complexity index is 740. The topological polar surface area (TPSA) is 109 Å². The minimum atomic E-state index is -0.512. The average molecular weight is 368 g/mol. The van der Waals surface area contributed by atoms with Crippen molar-refractivity contribution in [2.24, 2.45) is 5.18 Å². The molecule has 0 aliphatic heterocycles. The zero-order valence-corrected chi connectivity index (χ0v) is 14.6. The molecule has 0 fully saturated rings. The van der Waals surface area contributed by atoms with Gasteiger partial charge in [0.05, 0.1) is 30.6 Å². The molecule has 2 rings (SSSR count). The fourth-order valence-electron chi connectivity index (χ4n) is 1.84. The van der Waals surface area contributed by atoms with Crippen LogP contribution in [0.15, 0.2) is 41.6 Å². The molecule has 9 heteroatoms. The largest absolute Gasteiger partial charge is 0.497 e. The fourth-order valence-corrected chi connectivity index (χ4v) is 2.06. The van der Waals surface area contributed by atoms with Crippen LogP contribution in [0.3, 0.4) is 0 Å². The minimum Gasteiger partial charge on any atom is -0.497 e. The van der Waals surface area contributed by atoms with Crippen LogP contribution in [-0.4, -0.2) is 32.5 Å². The molecular weight excluding hydrogens is 350 g/mol. The highest BCUT2D eigenvalue weighted by molar-refractivity contribution is 6.34. The number of hydrogen-bond acceptors (Lipinski definition) is 6. The number of nitrogens with one attached hydrogen (secondary N) is 2. The maximum atomic E-state index is 12.1. The van der Waals surface area contributed by atoms with Crippen molar-refractivity contribution in [1.82, 2.24) is 0 Å². The molecule has 0 radical (unpaired) electrons. The quantitative estimate of drug-likeness (QED) is 0.692. The van der Waals surface area contributed by atoms with Gasteiger partial charge >= 0.3 is 6.03 Å². The second-order valence-corrected chi connectivity index (χ2v) is 4.81. The lowest BCUT2D eigenvalue weighted by Crippen LogP contribution is -2.20. The number of hydrogen-bond donors (Lipinski definition) is 3. The van der Waals surface area contributed by atoms with Gasteiger partial charge in [0.15, 0.2) is 0 Å². The third-order valence-electron chi connectivity index (χ3n) is 2.96. The van der Waals surface area contributed by atoms with Gasteiger partial charge in [0.1, 0.15) is 17.2 Å². The Morgan fingerprint density at radius 3 is 2.24 bits per heavy atom. The highest BCUT2D eigenvalue weighted by Gasteiger charge is 2.11. The Morgan fingerprint density at radius 1 is 1.04 bits per heavy atom. The number of urea groups is 1. The van der Waals surface area contributed by atoms with Gasteiger partial charge in [-0.15, -0.1) is 4.91 Å². The number of carbonyl (C=O) groups is 1. The predicted octanol–water partition coefficient (Wildman–Crippen LogP) is 4.01. The molecule has 25 heavy (non-hydrogen) atoms. The number of rotatable bonds is 5. The molecule has 0 saturated heterocycles. The van der Waals surface area contributed by atoms with Crippen LogP contribution in [0.25, 0.3) is 0 Å². The summed E-state index contributed by atoms with van der Waals surface area (Å²) in [7, 11) is 3.95. The second kappa shape index (κ2) is 10.1. The Morgan fingerprint density at radius 2 is 1.68 bits per heavy atom. The summed E-state index contributed by atoms with van der Waals surface area (Å²) in [5.74, 6) is 0.901. The minimum absolute atomic E-state index is 0.200. The van der Waals surface area contributed by atoms with E-state index < -0.39 is 6.03 Å². The van der Waals surface area contributed by atoms with Gasteiger partial charge in [-0.1, -0.05) is 11.6 Å². The number of aliphatic hydroxyl groups excluding tert-OH is 1. The number of ether oxygens (including phenoxy) is 2. The van der Waals surface area contributed by atoms with Gasteiger partial charge in [0.25, 0.3) is 0 Å². The standard InChI is InChI=1S/C15H14ClN3O4.CH4O/c1-22-10-4-6-12(11(16)8-10)17-15(20)18-13-5-3-9(19-21)7-14(13)23-2;1-2/h3-8H,1-2H3,(H2,17,18,20);2H,1H3. The average Bonchev–Trinajstić information content (AvgIpc) is 2.65. The summed E-state index contributed by atoms with van der Waals surface area (Å²) in [5, 5.41) is 15.4. The number of carbonyl (C=O) groups excluding carboxylic acids is 1. The fraction of sp³-hybridized carbons (Fsp3) is 0.188. The maximum absolute atomic E-state index is 12.1. The van der Waals surface area contributed by atoms with E-state index in [1.165, 1.54) is 32.4 Å². The molecule has 0 unspecified atom stereocenters. The maximum Gasteiger partial charge on any atom is 0.323 e. The van der Waals surface area contributed by atoms with E-state index in [1.54, 1.807) is 18.2 Å². The van der Waals surface area contributed by atoms with Gasteiger partial charge in [-0.25, -0.2) is 4.79 Å². The summed E-state index contributed by atoms with van der Waals surface area (Å²) in [5.41, 5.74) is 1.02. The molecule has 0 aromatic heterocycles. The zero-order chi connectivity index (χ0) is 18.8. The van der Waals surface area contributed by atoms with E-state index in [-0.39, 0.29) is 5.69 Å². The molecule has 0 heterocycles. The van der Waals surface area contributed by atoms with E-state index in [9.17, 15) is 9.70 Å². The molecule has 2 aromatic carbocycles. The molecule has 0 spiro atoms. The highest BCUT2D eigenvalue weighted by atomic mass is 35.5. The van der Waals surface area contributed by atoms with E-state index in [0.29, 0.717) is 27.9 Å². The van der Waals surface area contributed by atoms with Crippen molar-refractivity contribution in [3.8, 4) is 11.5 Å². The summed E-state index contributed by atoms with van der Waals surface area (Å²) in [6.45, 7) is 0. The third-order valence-corrected chi connectivity index (χ3v) is 3.28. The number of benzene rings is 2. The first-order valence-corrected chi connectivity index (χ1v) is 7.33. The van der Waals surface area contributed by atoms with E-state index in [1.807, 2.05) is 0 Å². The number of methoxy groups -OCH3 is 2. The second-order valence-electron chi connectivity index (χ2n) is 4.40. The SMILES string of the molecule is CO.COc1ccc(NC(=O)Nc2ccc(N=O)cc2OC)c(Cl)c1. The molecule has 3 N–H and O–H groups in total. The molecule has 2 amide bonds. The van der Waals surface area contributed by atoms with E-state index in [4.69, 9.17) is 26.2 Å². The molecule has 0 atom stereocenters. The summed E-state index contributed by atoms with van der Waals surface area (Å²) >= 11 is 6.06. The van der Waals surface area contributed by atoms with Crippen LogP contribution in [0.5, 0.6) is 11.5 Å². The Hall–Kier alpha value is -2.84. The van der Waals surface area contributed by atoms with Crippen LogP contribution in [-0.2, 0) is 0 Å². The van der Waals surface area contributed by atoms with Gasteiger partial charge in [0.2, 0.25) is 0 Å². The van der Waals surface area contributed by atoms with Crippen molar-refractivity contribution >= 4 is 34.7 Å². The van der Waals surface area contributed by atoms with Crippen molar-refractivity contribution in [2.45, 2.75) is 0 Å². The Kier molecular flexibility index (Phi) is 8.17. The zero-order valence-electron chi connectivity index (χ0n) is 13.9. The lowest BCUT2D eigenvalue weighted by molar-refractivity contribution is 0.262. The molecule has 0 aliphatic rings. The number of nitroso groups, excluding NO2 is 1. The predicted molar refractivity (Wildman–Crippen MR) is 97.2 cm³/mol. The van der Waals surface area contributed by atoms with Crippen molar-refractivity contribution in [1.29, 1.82) is 0 Å². The monoisotopic (exact) mass is 367 g/mol. The first kappa shape index (κ1) is 20.2. The molecule has 2 aromatic rings. The third kappa shape index (κ3) is 5.63. The summed E-state index contributed by atoms with van der Waals surface area (Å²) in [6, 6.07) is 8.77. The molecular formula is C16H18ClN3O5. The summed E-state index contributed by atoms with van der Waals surface area (Å²) in [6.07, 6.45) is 0. The number of amides is 2. The van der Waals surface area contributed by atoms with Crippen molar-refractivity contribution in [3.05, 3.63) is 46.3 Å². The number of nitrogens with zero attached hydrogens (tertiary/aromatic N) is 1.